The second kappa shape index (κ2) is 26.0. The van der Waals surface area contributed by atoms with Crippen LogP contribution in [0.4, 0.5) is 0 Å². The summed E-state index contributed by atoms with van der Waals surface area (Å²) < 4.78 is 25.3. The standard InChI is InChI=1S/C54H58Cl2N6O10/c1-31-39(29-71-49-17-47(69-27-37-13-35(19-57-5)21-59-23-37)41(15-45(49)55)25-61-51(33(3)63)53(65)66)9-7-11-43(31)44-12-8-10-40(32(44)2)30-72-50-18-48(70-28-38-14-36(20-58-6)22-60-24-38)42(16-46(50)56)26-62-52(34(4)64)54(67)68/h7-24,33-34,51-52,61-64H,25-30H2,1-6H3,(H,65,66)(H,67,68)/b57-19+,58-20+/t33-,34-,51+,52+/m0/s1. The molecule has 16 nitrogen and oxygen atoms in total. The van der Waals surface area contributed by atoms with Crippen molar-refractivity contribution in [2.45, 2.75) is 91.5 Å². The molecule has 0 aliphatic carbocycles. The number of rotatable bonds is 25. The molecule has 0 spiro atoms. The summed E-state index contributed by atoms with van der Waals surface area (Å²) in [7, 11) is 3.34. The van der Waals surface area contributed by atoms with Crippen LogP contribution in [0, 0.1) is 13.8 Å². The Kier molecular flexibility index (Phi) is 19.6. The van der Waals surface area contributed by atoms with Crippen molar-refractivity contribution in [2.75, 3.05) is 14.1 Å². The van der Waals surface area contributed by atoms with Gasteiger partial charge in [-0.1, -0.05) is 59.6 Å². The average molecular weight is 1020 g/mol. The Labute approximate surface area is 428 Å². The number of ether oxygens (including phenoxy) is 4. The first-order valence-corrected chi connectivity index (χ1v) is 23.7. The molecular formula is C54H58Cl2N6O10. The fourth-order valence-electron chi connectivity index (χ4n) is 7.80. The van der Waals surface area contributed by atoms with Gasteiger partial charge in [-0.15, -0.1) is 0 Å². The number of aromatic nitrogens is 2. The predicted molar refractivity (Wildman–Crippen MR) is 277 cm³/mol. The third-order valence-electron chi connectivity index (χ3n) is 11.7. The van der Waals surface area contributed by atoms with Gasteiger partial charge in [0, 0.05) is 110 Å². The van der Waals surface area contributed by atoms with E-state index in [2.05, 4.69) is 30.6 Å². The summed E-state index contributed by atoms with van der Waals surface area (Å²) in [5.41, 5.74) is 9.98. The number of aliphatic hydroxyl groups excluding tert-OH is 2. The highest BCUT2D eigenvalue weighted by molar-refractivity contribution is 6.32. The molecule has 2 heterocycles. The zero-order valence-corrected chi connectivity index (χ0v) is 42.2. The van der Waals surface area contributed by atoms with Gasteiger partial charge in [-0.25, -0.2) is 0 Å². The lowest BCUT2D eigenvalue weighted by atomic mass is 9.92. The van der Waals surface area contributed by atoms with Crippen LogP contribution in [0.1, 0.15) is 69.5 Å². The normalized spacial score (nSPS) is 13.2. The molecule has 0 fully saturated rings. The number of nitrogens with one attached hydrogen (secondary N) is 2. The van der Waals surface area contributed by atoms with Crippen LogP contribution >= 0.6 is 23.2 Å². The molecule has 0 bridgehead atoms. The van der Waals surface area contributed by atoms with Gasteiger partial charge in [0.05, 0.1) is 22.3 Å². The maximum absolute atomic E-state index is 11.9. The number of halogens is 2. The van der Waals surface area contributed by atoms with Crippen LogP contribution < -0.4 is 29.6 Å². The molecule has 2 aromatic heterocycles. The first-order valence-electron chi connectivity index (χ1n) is 22.9. The van der Waals surface area contributed by atoms with Gasteiger partial charge in [0.1, 0.15) is 61.5 Å². The van der Waals surface area contributed by atoms with Crippen LogP contribution in [-0.4, -0.2) is 93.1 Å². The van der Waals surface area contributed by atoms with E-state index in [-0.39, 0.29) is 49.6 Å². The Morgan fingerprint density at radius 1 is 0.583 bits per heavy atom. The molecule has 0 unspecified atom stereocenters. The van der Waals surface area contributed by atoms with E-state index in [1.54, 1.807) is 75.6 Å². The summed E-state index contributed by atoms with van der Waals surface area (Å²) in [5.74, 6) is -0.915. The summed E-state index contributed by atoms with van der Waals surface area (Å²) in [4.78, 5) is 40.4. The number of carboxylic acid groups (broad SMARTS) is 2. The Hall–Kier alpha value is -6.92. The van der Waals surface area contributed by atoms with E-state index in [0.717, 1.165) is 55.6 Å². The van der Waals surface area contributed by atoms with Gasteiger partial charge in [-0.2, -0.15) is 0 Å². The van der Waals surface area contributed by atoms with Crippen molar-refractivity contribution in [3.63, 3.8) is 0 Å². The topological polar surface area (TPSA) is 227 Å². The summed E-state index contributed by atoms with van der Waals surface area (Å²) in [6.07, 6.45) is 7.78. The van der Waals surface area contributed by atoms with Gasteiger partial charge in [-0.3, -0.25) is 40.2 Å². The first-order chi connectivity index (χ1) is 34.6. The maximum atomic E-state index is 11.9. The predicted octanol–water partition coefficient (Wildman–Crippen LogP) is 8.33. The van der Waals surface area contributed by atoms with Crippen molar-refractivity contribution in [3.8, 4) is 34.1 Å². The van der Waals surface area contributed by atoms with Crippen LogP contribution in [0.5, 0.6) is 23.0 Å². The van der Waals surface area contributed by atoms with Crippen LogP contribution in [0.15, 0.2) is 108 Å². The second-order valence-corrected chi connectivity index (χ2v) is 17.8. The van der Waals surface area contributed by atoms with Crippen molar-refractivity contribution >= 4 is 47.6 Å². The molecule has 6 N–H and O–H groups in total. The first kappa shape index (κ1) is 54.4. The Bertz CT molecular complexity index is 2720. The van der Waals surface area contributed by atoms with Crippen LogP contribution in [0.2, 0.25) is 10.0 Å². The van der Waals surface area contributed by atoms with Crippen LogP contribution in [0.25, 0.3) is 11.1 Å². The Morgan fingerprint density at radius 2 is 0.972 bits per heavy atom. The molecule has 72 heavy (non-hydrogen) atoms. The lowest BCUT2D eigenvalue weighted by molar-refractivity contribution is -0.143. The van der Waals surface area contributed by atoms with Crippen molar-refractivity contribution in [1.29, 1.82) is 0 Å². The van der Waals surface area contributed by atoms with E-state index < -0.39 is 36.2 Å². The monoisotopic (exact) mass is 1020 g/mol. The summed E-state index contributed by atoms with van der Waals surface area (Å²) in [6.45, 7) is 7.48. The van der Waals surface area contributed by atoms with Crippen LogP contribution in [-0.2, 0) is 49.1 Å². The number of nitrogens with zero attached hydrogens (tertiary/aromatic N) is 4. The van der Waals surface area contributed by atoms with Gasteiger partial charge in [0.2, 0.25) is 0 Å². The number of aliphatic carboxylic acids is 2. The van der Waals surface area contributed by atoms with E-state index in [1.165, 1.54) is 13.8 Å². The van der Waals surface area contributed by atoms with Gasteiger partial charge < -0.3 is 39.4 Å². The fraction of sp³-hybridized carbons (Fsp3) is 0.296. The summed E-state index contributed by atoms with van der Waals surface area (Å²) >= 11 is 13.7. The summed E-state index contributed by atoms with van der Waals surface area (Å²) in [5, 5.41) is 45.9. The molecule has 0 saturated heterocycles. The van der Waals surface area contributed by atoms with Crippen LogP contribution in [0.3, 0.4) is 0 Å². The third kappa shape index (κ3) is 14.6. The van der Waals surface area contributed by atoms with E-state index in [9.17, 15) is 30.0 Å². The largest absolute Gasteiger partial charge is 0.488 e. The van der Waals surface area contributed by atoms with Gasteiger partial charge >= 0.3 is 11.9 Å². The number of hydrogen-bond donors (Lipinski definition) is 6. The number of carbonyl (C=O) groups is 2. The molecule has 4 atom stereocenters. The maximum Gasteiger partial charge on any atom is 0.323 e. The third-order valence-corrected chi connectivity index (χ3v) is 12.3. The molecule has 6 rings (SSSR count). The highest BCUT2D eigenvalue weighted by Crippen LogP contribution is 2.37. The molecule has 0 aliphatic heterocycles. The lowest BCUT2D eigenvalue weighted by Crippen LogP contribution is -2.44. The average Bonchev–Trinajstić information content (AvgIpc) is 3.33. The van der Waals surface area contributed by atoms with Gasteiger partial charge in [-0.05, 0) is 85.3 Å². The zero-order valence-electron chi connectivity index (χ0n) is 40.7. The number of aliphatic imine (C=N–C) groups is 2. The molecule has 0 saturated carbocycles. The fourth-order valence-corrected chi connectivity index (χ4v) is 8.28. The smallest absolute Gasteiger partial charge is 0.323 e. The zero-order chi connectivity index (χ0) is 51.9. The van der Waals surface area contributed by atoms with Crippen molar-refractivity contribution in [2.24, 2.45) is 9.98 Å². The molecule has 0 radical (unpaired) electrons. The molecule has 378 valence electrons. The molecule has 6 aromatic rings. The highest BCUT2D eigenvalue weighted by Gasteiger charge is 2.25. The molecule has 4 aromatic carbocycles. The van der Waals surface area contributed by atoms with E-state index in [1.807, 2.05) is 62.4 Å². The molecule has 0 amide bonds. The van der Waals surface area contributed by atoms with Crippen molar-refractivity contribution in [3.05, 3.63) is 163 Å². The number of carboxylic acids is 2. The summed E-state index contributed by atoms with van der Waals surface area (Å²) in [6, 6.07) is 20.0. The minimum Gasteiger partial charge on any atom is -0.488 e. The SMILES string of the molecule is C/N=C/c1cncc(COc2cc(OCc3cccc(-c4cccc(COc5cc(OCc6cncc(/C=N/C)c6)c(CN[C@@H](C(=O)O)[C@H](C)O)cc5Cl)c4C)c3C)c(Cl)cc2CN[C@@H](C(=O)O)[C@H](C)O)c1. The highest BCUT2D eigenvalue weighted by atomic mass is 35.5. The Morgan fingerprint density at radius 3 is 1.33 bits per heavy atom. The van der Waals surface area contributed by atoms with Gasteiger partial charge in [0.25, 0.3) is 0 Å². The van der Waals surface area contributed by atoms with Crippen molar-refractivity contribution in [1.82, 2.24) is 20.6 Å². The number of benzene rings is 4. The van der Waals surface area contributed by atoms with Crippen molar-refractivity contribution < 1.29 is 49.0 Å². The second-order valence-electron chi connectivity index (χ2n) is 17.0. The quantitative estimate of drug-likeness (QED) is 0.0297. The minimum atomic E-state index is -1.23. The number of aliphatic hydroxyl groups is 2. The molecule has 18 heteroatoms. The van der Waals surface area contributed by atoms with E-state index in [4.69, 9.17) is 42.1 Å². The Balaban J connectivity index is 1.21. The van der Waals surface area contributed by atoms with Gasteiger partial charge in [0.15, 0.2) is 0 Å². The van der Waals surface area contributed by atoms with E-state index >= 15 is 0 Å². The minimum absolute atomic E-state index is 0.0284. The molecular weight excluding hydrogens is 964 g/mol. The number of hydrogen-bond acceptors (Lipinski definition) is 14. The van der Waals surface area contributed by atoms with E-state index in [0.29, 0.717) is 34.1 Å². The molecule has 0 aliphatic rings. The lowest BCUT2D eigenvalue weighted by Gasteiger charge is -2.20. The number of pyridine rings is 2.